The first-order chi connectivity index (χ1) is 8.09. The number of carbonyl (C=O) groups excluding carboxylic acids is 1. The van der Waals surface area contributed by atoms with E-state index in [2.05, 4.69) is 21.2 Å². The topological polar surface area (TPSA) is 66.4 Å². The Morgan fingerprint density at radius 2 is 2.12 bits per heavy atom. The van der Waals surface area contributed by atoms with Crippen LogP contribution in [0.5, 0.6) is 0 Å². The van der Waals surface area contributed by atoms with Crippen molar-refractivity contribution in [2.45, 2.75) is 25.7 Å². The van der Waals surface area contributed by atoms with Crippen molar-refractivity contribution in [3.05, 3.63) is 20.8 Å². The molecule has 0 spiro atoms. The van der Waals surface area contributed by atoms with Gasteiger partial charge < -0.3 is 10.4 Å². The molecule has 2 N–H and O–H groups in total. The number of thiophene rings is 1. The van der Waals surface area contributed by atoms with Gasteiger partial charge in [0.1, 0.15) is 0 Å². The monoisotopic (exact) mass is 319 g/mol. The van der Waals surface area contributed by atoms with Crippen LogP contribution in [-0.4, -0.2) is 23.5 Å². The van der Waals surface area contributed by atoms with Gasteiger partial charge in [0.25, 0.3) is 5.91 Å². The number of amides is 1. The molecule has 1 rings (SSSR count). The molecule has 6 heteroatoms. The maximum absolute atomic E-state index is 11.6. The first-order valence-electron chi connectivity index (χ1n) is 5.33. The summed E-state index contributed by atoms with van der Waals surface area (Å²) in [5, 5.41) is 13.0. The van der Waals surface area contributed by atoms with Crippen molar-refractivity contribution in [3.63, 3.8) is 0 Å². The second kappa shape index (κ2) is 7.45. The zero-order chi connectivity index (χ0) is 12.7. The summed E-state index contributed by atoms with van der Waals surface area (Å²) < 4.78 is 0.934. The van der Waals surface area contributed by atoms with E-state index in [1.165, 1.54) is 11.3 Å². The Morgan fingerprint density at radius 3 is 2.71 bits per heavy atom. The van der Waals surface area contributed by atoms with Crippen molar-refractivity contribution in [2.24, 2.45) is 0 Å². The number of hydrogen-bond acceptors (Lipinski definition) is 3. The van der Waals surface area contributed by atoms with Crippen molar-refractivity contribution in [3.8, 4) is 0 Å². The lowest BCUT2D eigenvalue weighted by Gasteiger charge is -2.02. The van der Waals surface area contributed by atoms with Crippen molar-refractivity contribution in [2.75, 3.05) is 6.54 Å². The highest BCUT2D eigenvalue weighted by Crippen LogP contribution is 2.20. The number of aliphatic carboxylic acids is 1. The van der Waals surface area contributed by atoms with Gasteiger partial charge in [-0.15, -0.1) is 11.3 Å². The molecule has 4 nitrogen and oxygen atoms in total. The minimum atomic E-state index is -0.767. The van der Waals surface area contributed by atoms with Crippen LogP contribution in [0.15, 0.2) is 15.2 Å². The van der Waals surface area contributed by atoms with Gasteiger partial charge in [-0.25, -0.2) is 0 Å². The summed E-state index contributed by atoms with van der Waals surface area (Å²) in [5.74, 6) is -0.845. The molecular weight excluding hydrogens is 306 g/mol. The number of nitrogens with one attached hydrogen (secondary N) is 1. The van der Waals surface area contributed by atoms with Crippen molar-refractivity contribution >= 4 is 39.1 Å². The molecule has 0 saturated carbocycles. The second-order valence-electron chi connectivity index (χ2n) is 3.60. The minimum absolute atomic E-state index is 0.0785. The van der Waals surface area contributed by atoms with Crippen LogP contribution in [0.1, 0.15) is 36.0 Å². The van der Waals surface area contributed by atoms with E-state index in [9.17, 15) is 9.59 Å². The largest absolute Gasteiger partial charge is 0.481 e. The Labute approximate surface area is 112 Å². The first-order valence-corrected chi connectivity index (χ1v) is 7.01. The second-order valence-corrected chi connectivity index (χ2v) is 5.89. The van der Waals surface area contributed by atoms with Crippen LogP contribution in [-0.2, 0) is 4.79 Å². The number of carboxylic acids is 1. The van der Waals surface area contributed by atoms with Crippen LogP contribution in [0, 0.1) is 0 Å². The molecule has 0 atom stereocenters. The summed E-state index contributed by atoms with van der Waals surface area (Å²) in [4.78, 5) is 21.8. The van der Waals surface area contributed by atoms with Crippen LogP contribution in [0.3, 0.4) is 0 Å². The molecule has 0 radical (unpaired) electrons. The lowest BCUT2D eigenvalue weighted by atomic mass is 10.2. The third kappa shape index (κ3) is 5.83. The molecule has 1 amide bonds. The number of halogens is 1. The average Bonchev–Trinajstić information content (AvgIpc) is 2.69. The third-order valence-electron chi connectivity index (χ3n) is 2.18. The first kappa shape index (κ1) is 14.2. The zero-order valence-electron chi connectivity index (χ0n) is 9.24. The third-order valence-corrected chi connectivity index (χ3v) is 3.69. The Bertz CT molecular complexity index is 392. The highest BCUT2D eigenvalue weighted by Gasteiger charge is 2.06. The fourth-order valence-electron chi connectivity index (χ4n) is 1.31. The Morgan fingerprint density at radius 1 is 1.35 bits per heavy atom. The van der Waals surface area contributed by atoms with Crippen LogP contribution in [0.2, 0.25) is 0 Å². The van der Waals surface area contributed by atoms with Gasteiger partial charge in [0.15, 0.2) is 0 Å². The van der Waals surface area contributed by atoms with E-state index in [0.29, 0.717) is 18.5 Å². The van der Waals surface area contributed by atoms with Gasteiger partial charge in [-0.1, -0.05) is 6.42 Å². The minimum Gasteiger partial charge on any atom is -0.481 e. The number of unbranched alkanes of at least 4 members (excludes halogenated alkanes) is 2. The van der Waals surface area contributed by atoms with Crippen molar-refractivity contribution in [1.29, 1.82) is 0 Å². The summed E-state index contributed by atoms with van der Waals surface area (Å²) in [6.07, 6.45) is 2.49. The highest BCUT2D eigenvalue weighted by atomic mass is 79.9. The summed E-state index contributed by atoms with van der Waals surface area (Å²) in [5.41, 5.74) is 0.660. The molecule has 17 heavy (non-hydrogen) atoms. The summed E-state index contributed by atoms with van der Waals surface area (Å²) in [6, 6.07) is 1.78. The normalized spacial score (nSPS) is 10.2. The van der Waals surface area contributed by atoms with E-state index in [-0.39, 0.29) is 12.3 Å². The highest BCUT2D eigenvalue weighted by molar-refractivity contribution is 9.11. The van der Waals surface area contributed by atoms with Crippen LogP contribution in [0.25, 0.3) is 0 Å². The molecule has 0 aliphatic heterocycles. The predicted molar refractivity (Wildman–Crippen MR) is 70.5 cm³/mol. The van der Waals surface area contributed by atoms with Gasteiger partial charge in [0, 0.05) is 18.3 Å². The molecule has 1 aromatic heterocycles. The van der Waals surface area contributed by atoms with Gasteiger partial charge in [0.05, 0.1) is 9.35 Å². The maximum atomic E-state index is 11.6. The van der Waals surface area contributed by atoms with E-state index in [0.717, 1.165) is 16.6 Å². The molecule has 94 valence electrons. The molecular formula is C11H14BrNO3S. The van der Waals surface area contributed by atoms with Gasteiger partial charge in [-0.05, 0) is 34.8 Å². The van der Waals surface area contributed by atoms with Gasteiger partial charge in [-0.3, -0.25) is 9.59 Å². The Kier molecular flexibility index (Phi) is 6.21. The molecule has 0 aromatic carbocycles. The molecule has 0 bridgehead atoms. The van der Waals surface area contributed by atoms with Crippen molar-refractivity contribution < 1.29 is 14.7 Å². The van der Waals surface area contributed by atoms with E-state index in [1.807, 2.05) is 0 Å². The van der Waals surface area contributed by atoms with E-state index < -0.39 is 5.97 Å². The summed E-state index contributed by atoms with van der Waals surface area (Å²) >= 11 is 4.77. The number of hydrogen-bond donors (Lipinski definition) is 2. The SMILES string of the molecule is O=C(O)CCCCCNC(=O)c1csc(Br)c1. The molecule has 1 aromatic rings. The van der Waals surface area contributed by atoms with Crippen LogP contribution >= 0.6 is 27.3 Å². The molecule has 1 heterocycles. The fourth-order valence-corrected chi connectivity index (χ4v) is 2.45. The molecule has 0 saturated heterocycles. The van der Waals surface area contributed by atoms with Gasteiger partial charge in [0.2, 0.25) is 0 Å². The van der Waals surface area contributed by atoms with Crippen LogP contribution in [0.4, 0.5) is 0 Å². The zero-order valence-corrected chi connectivity index (χ0v) is 11.6. The Balaban J connectivity index is 2.11. The van der Waals surface area contributed by atoms with E-state index in [1.54, 1.807) is 11.4 Å². The predicted octanol–water partition coefficient (Wildman–Crippen LogP) is 2.89. The number of rotatable bonds is 7. The Hall–Kier alpha value is -0.880. The van der Waals surface area contributed by atoms with E-state index in [4.69, 9.17) is 5.11 Å². The number of carboxylic acid groups (broad SMARTS) is 1. The summed E-state index contributed by atoms with van der Waals surface area (Å²) in [7, 11) is 0. The van der Waals surface area contributed by atoms with Gasteiger partial charge in [-0.2, -0.15) is 0 Å². The summed E-state index contributed by atoms with van der Waals surface area (Å²) in [6.45, 7) is 0.589. The number of carbonyl (C=O) groups is 2. The lowest BCUT2D eigenvalue weighted by Crippen LogP contribution is -2.23. The maximum Gasteiger partial charge on any atom is 0.303 e. The average molecular weight is 320 g/mol. The lowest BCUT2D eigenvalue weighted by molar-refractivity contribution is -0.137. The van der Waals surface area contributed by atoms with Crippen molar-refractivity contribution in [1.82, 2.24) is 5.32 Å². The fraction of sp³-hybridized carbons (Fsp3) is 0.455. The molecule has 0 aliphatic carbocycles. The smallest absolute Gasteiger partial charge is 0.303 e. The molecule has 0 unspecified atom stereocenters. The molecule has 0 aliphatic rings. The quantitative estimate of drug-likeness (QED) is 0.759. The van der Waals surface area contributed by atoms with Gasteiger partial charge >= 0.3 is 5.97 Å². The van der Waals surface area contributed by atoms with E-state index >= 15 is 0 Å². The standard InChI is InChI=1S/C11H14BrNO3S/c12-9-6-8(7-17-9)11(16)13-5-3-1-2-4-10(14)15/h6-7H,1-5H2,(H,13,16)(H,14,15). The molecule has 0 fully saturated rings. The van der Waals surface area contributed by atoms with Crippen LogP contribution < -0.4 is 5.32 Å².